The molecular weight excluding hydrogens is 406 g/mol. The first-order chi connectivity index (χ1) is 15.2. The molecule has 1 heterocycles. The van der Waals surface area contributed by atoms with E-state index in [1.54, 1.807) is 7.11 Å². The molecule has 2 aromatic carbocycles. The first-order valence-electron chi connectivity index (χ1n) is 11.7. The number of hydrogen-bond donors (Lipinski definition) is 1. The predicted molar refractivity (Wildman–Crippen MR) is 135 cm³/mol. The molecule has 168 valence electrons. The van der Waals surface area contributed by atoms with E-state index >= 15 is 0 Å². The van der Waals surface area contributed by atoms with Crippen LogP contribution in [0, 0.1) is 0 Å². The maximum absolute atomic E-state index is 6.25. The van der Waals surface area contributed by atoms with Crippen molar-refractivity contribution in [3.63, 3.8) is 0 Å². The third kappa shape index (κ3) is 6.47. The number of hydrogen-bond acceptors (Lipinski definition) is 4. The number of methoxy groups -OCH3 is 1. The van der Waals surface area contributed by atoms with Gasteiger partial charge in [-0.2, -0.15) is 0 Å². The van der Waals surface area contributed by atoms with Crippen LogP contribution in [0.25, 0.3) is 21.8 Å². The minimum Gasteiger partial charge on any atom is -0.497 e. The van der Waals surface area contributed by atoms with E-state index in [9.17, 15) is 0 Å². The van der Waals surface area contributed by atoms with Crippen molar-refractivity contribution in [2.24, 2.45) is 0 Å². The third-order valence-corrected chi connectivity index (χ3v) is 6.06. The van der Waals surface area contributed by atoms with E-state index in [1.165, 1.54) is 51.6 Å². The molecule has 0 unspecified atom stereocenters. The Balaban J connectivity index is 1.82. The van der Waals surface area contributed by atoms with E-state index in [4.69, 9.17) is 21.3 Å². The van der Waals surface area contributed by atoms with Crippen molar-refractivity contribution in [1.82, 2.24) is 9.88 Å². The number of halogens is 1. The first kappa shape index (κ1) is 23.6. The van der Waals surface area contributed by atoms with Crippen molar-refractivity contribution in [2.45, 2.75) is 52.4 Å². The van der Waals surface area contributed by atoms with E-state index < -0.39 is 0 Å². The Morgan fingerprint density at radius 1 is 0.871 bits per heavy atom. The summed E-state index contributed by atoms with van der Waals surface area (Å²) in [4.78, 5) is 7.44. The second-order valence-corrected chi connectivity index (χ2v) is 8.65. The Labute approximate surface area is 191 Å². The van der Waals surface area contributed by atoms with Gasteiger partial charge in [-0.15, -0.1) is 0 Å². The van der Waals surface area contributed by atoms with Gasteiger partial charge in [-0.25, -0.2) is 4.98 Å². The third-order valence-electron chi connectivity index (χ3n) is 5.83. The SMILES string of the molecule is CCCCCN(CCCCC)CCNc1c2ccc(Cl)cc2nc2ccc(OC)cc12. The first-order valence-corrected chi connectivity index (χ1v) is 12.1. The van der Waals surface area contributed by atoms with Crippen LogP contribution in [0.2, 0.25) is 5.02 Å². The molecule has 3 rings (SSSR count). The smallest absolute Gasteiger partial charge is 0.119 e. The summed E-state index contributed by atoms with van der Waals surface area (Å²) in [6, 6.07) is 12.0. The van der Waals surface area contributed by atoms with E-state index in [0.717, 1.165) is 46.3 Å². The fraction of sp³-hybridized carbons (Fsp3) is 0.500. The fourth-order valence-electron chi connectivity index (χ4n) is 4.06. The van der Waals surface area contributed by atoms with Crippen molar-refractivity contribution in [1.29, 1.82) is 0 Å². The Kier molecular flexibility index (Phi) is 9.23. The fourth-order valence-corrected chi connectivity index (χ4v) is 4.23. The second-order valence-electron chi connectivity index (χ2n) is 8.21. The summed E-state index contributed by atoms with van der Waals surface area (Å²) in [5, 5.41) is 6.61. The van der Waals surface area contributed by atoms with Gasteiger partial charge in [-0.3, -0.25) is 0 Å². The highest BCUT2D eigenvalue weighted by Crippen LogP contribution is 2.34. The van der Waals surface area contributed by atoms with Crippen LogP contribution < -0.4 is 10.1 Å². The number of anilines is 1. The average molecular weight is 442 g/mol. The lowest BCUT2D eigenvalue weighted by atomic mass is 10.1. The molecule has 0 fully saturated rings. The summed E-state index contributed by atoms with van der Waals surface area (Å²) >= 11 is 6.25. The number of benzene rings is 2. The van der Waals surface area contributed by atoms with Crippen molar-refractivity contribution < 1.29 is 4.74 Å². The van der Waals surface area contributed by atoms with Gasteiger partial charge >= 0.3 is 0 Å². The standard InChI is InChI=1S/C26H36ClN3O/c1-4-6-8-15-30(16-9-7-5-2)17-14-28-26-22-12-10-20(27)18-25(22)29-24-13-11-21(31-3)19-23(24)26/h10-13,18-19H,4-9,14-17H2,1-3H3,(H,28,29). The van der Waals surface area contributed by atoms with Crippen LogP contribution in [0.5, 0.6) is 5.75 Å². The van der Waals surface area contributed by atoms with Gasteiger partial charge in [0, 0.05) is 28.9 Å². The number of unbranched alkanes of at least 4 members (excludes halogenated alkanes) is 4. The number of fused-ring (bicyclic) bond motifs is 2. The number of nitrogens with zero attached hydrogens (tertiary/aromatic N) is 2. The summed E-state index contributed by atoms with van der Waals surface area (Å²) in [7, 11) is 1.70. The molecule has 0 saturated heterocycles. The van der Waals surface area contributed by atoms with Crippen LogP contribution in [0.15, 0.2) is 36.4 Å². The lowest BCUT2D eigenvalue weighted by Gasteiger charge is -2.23. The van der Waals surface area contributed by atoms with Crippen LogP contribution in [0.3, 0.4) is 0 Å². The Morgan fingerprint density at radius 2 is 1.61 bits per heavy atom. The molecule has 0 radical (unpaired) electrons. The zero-order valence-corrected chi connectivity index (χ0v) is 20.0. The van der Waals surface area contributed by atoms with Crippen molar-refractivity contribution in [3.8, 4) is 5.75 Å². The molecule has 1 N–H and O–H groups in total. The largest absolute Gasteiger partial charge is 0.497 e. The molecule has 0 spiro atoms. The molecule has 1 aromatic heterocycles. The molecule has 31 heavy (non-hydrogen) atoms. The number of rotatable bonds is 13. The number of nitrogens with one attached hydrogen (secondary N) is 1. The lowest BCUT2D eigenvalue weighted by molar-refractivity contribution is 0.271. The molecule has 0 aliphatic carbocycles. The minimum absolute atomic E-state index is 0.705. The Morgan fingerprint density at radius 3 is 2.29 bits per heavy atom. The second kappa shape index (κ2) is 12.1. The van der Waals surface area contributed by atoms with Gasteiger partial charge in [0.05, 0.1) is 23.8 Å². The zero-order valence-electron chi connectivity index (χ0n) is 19.2. The molecule has 3 aromatic rings. The molecule has 4 nitrogen and oxygen atoms in total. The van der Waals surface area contributed by atoms with E-state index in [1.807, 2.05) is 24.3 Å². The van der Waals surface area contributed by atoms with Crippen molar-refractivity contribution in [3.05, 3.63) is 41.4 Å². The maximum atomic E-state index is 6.25. The van der Waals surface area contributed by atoms with E-state index in [0.29, 0.717) is 5.02 Å². The summed E-state index contributed by atoms with van der Waals surface area (Å²) in [6.45, 7) is 8.83. The highest BCUT2D eigenvalue weighted by atomic mass is 35.5. The summed E-state index contributed by atoms with van der Waals surface area (Å²) in [6.07, 6.45) is 7.69. The van der Waals surface area contributed by atoms with Crippen LogP contribution in [0.4, 0.5) is 5.69 Å². The number of pyridine rings is 1. The van der Waals surface area contributed by atoms with Gasteiger partial charge in [0.1, 0.15) is 5.75 Å². The van der Waals surface area contributed by atoms with E-state index in [2.05, 4.69) is 36.2 Å². The van der Waals surface area contributed by atoms with Gasteiger partial charge in [0.25, 0.3) is 0 Å². The van der Waals surface area contributed by atoms with Crippen LogP contribution in [0.1, 0.15) is 52.4 Å². The van der Waals surface area contributed by atoms with Gasteiger partial charge < -0.3 is 15.0 Å². The van der Waals surface area contributed by atoms with Crippen molar-refractivity contribution in [2.75, 3.05) is 38.6 Å². The quantitative estimate of drug-likeness (QED) is 0.226. The maximum Gasteiger partial charge on any atom is 0.119 e. The van der Waals surface area contributed by atoms with Gasteiger partial charge in [-0.1, -0.05) is 51.1 Å². The average Bonchev–Trinajstić information content (AvgIpc) is 2.78. The predicted octanol–water partition coefficient (Wildman–Crippen LogP) is 7.14. The monoisotopic (exact) mass is 441 g/mol. The Bertz CT molecular complexity index is 966. The highest BCUT2D eigenvalue weighted by Gasteiger charge is 2.12. The molecule has 5 heteroatoms. The Hall–Kier alpha value is -2.04. The molecule has 0 amide bonds. The van der Waals surface area contributed by atoms with Crippen molar-refractivity contribution >= 4 is 39.1 Å². The van der Waals surface area contributed by atoms with Crippen LogP contribution >= 0.6 is 11.6 Å². The van der Waals surface area contributed by atoms with Gasteiger partial charge in [0.2, 0.25) is 0 Å². The summed E-state index contributed by atoms with van der Waals surface area (Å²) in [5.41, 5.74) is 2.97. The molecule has 0 saturated carbocycles. The number of aromatic nitrogens is 1. The highest BCUT2D eigenvalue weighted by molar-refractivity contribution is 6.31. The lowest BCUT2D eigenvalue weighted by Crippen LogP contribution is -2.31. The molecule has 0 aliphatic heterocycles. The molecule has 0 bridgehead atoms. The normalized spacial score (nSPS) is 11.5. The zero-order chi connectivity index (χ0) is 22.1. The number of ether oxygens (including phenoxy) is 1. The molecule has 0 atom stereocenters. The van der Waals surface area contributed by atoms with Gasteiger partial charge in [0.15, 0.2) is 0 Å². The topological polar surface area (TPSA) is 37.4 Å². The minimum atomic E-state index is 0.705. The molecular formula is C26H36ClN3O. The van der Waals surface area contributed by atoms with E-state index in [-0.39, 0.29) is 0 Å². The van der Waals surface area contributed by atoms with Crippen LogP contribution in [-0.2, 0) is 0 Å². The summed E-state index contributed by atoms with van der Waals surface area (Å²) in [5.74, 6) is 0.839. The molecule has 0 aliphatic rings. The van der Waals surface area contributed by atoms with Crippen LogP contribution in [-0.4, -0.2) is 43.2 Å². The van der Waals surface area contributed by atoms with Gasteiger partial charge in [-0.05, 0) is 62.3 Å². The summed E-state index contributed by atoms with van der Waals surface area (Å²) < 4.78 is 5.48.